The second kappa shape index (κ2) is 7.12. The molecular weight excluding hydrogens is 282 g/mol. The molecule has 114 valence electrons. The Labute approximate surface area is 128 Å². The van der Waals surface area contributed by atoms with Gasteiger partial charge in [-0.1, -0.05) is 0 Å². The fourth-order valence-corrected chi connectivity index (χ4v) is 1.78. The number of benzene rings is 2. The van der Waals surface area contributed by atoms with E-state index >= 15 is 0 Å². The molecule has 6 heteroatoms. The van der Waals surface area contributed by atoms with Crippen LogP contribution in [0.1, 0.15) is 10.4 Å². The van der Waals surface area contributed by atoms with Gasteiger partial charge in [0.1, 0.15) is 5.75 Å². The Hall–Kier alpha value is -3.02. The van der Waals surface area contributed by atoms with E-state index < -0.39 is 0 Å². The minimum absolute atomic E-state index is 0.213. The summed E-state index contributed by atoms with van der Waals surface area (Å²) < 4.78 is 5.05. The molecule has 0 fully saturated rings. The van der Waals surface area contributed by atoms with Gasteiger partial charge in [0.25, 0.3) is 5.91 Å². The van der Waals surface area contributed by atoms with Crippen LogP contribution in [0.2, 0.25) is 0 Å². The molecular formula is C16H17N3O3. The number of amides is 3. The highest BCUT2D eigenvalue weighted by molar-refractivity contribution is 6.04. The molecule has 0 aliphatic rings. The van der Waals surface area contributed by atoms with Crippen LogP contribution in [-0.2, 0) is 0 Å². The van der Waals surface area contributed by atoms with E-state index in [0.717, 1.165) is 0 Å². The third kappa shape index (κ3) is 3.99. The standard InChI is InChI=1S/C16H17N3O3/c1-17-16(21)19-13-7-5-12(6-8-13)18-15(20)11-3-9-14(22-2)10-4-11/h3-10H,1-2H3,(H,18,20)(H2,17,19,21). The SMILES string of the molecule is CNC(=O)Nc1ccc(NC(=O)c2ccc(OC)cc2)cc1. The van der Waals surface area contributed by atoms with E-state index in [0.29, 0.717) is 22.7 Å². The van der Waals surface area contributed by atoms with Crippen LogP contribution in [0.15, 0.2) is 48.5 Å². The van der Waals surface area contributed by atoms with Crippen molar-refractivity contribution in [3.63, 3.8) is 0 Å². The Balaban J connectivity index is 2.00. The van der Waals surface area contributed by atoms with Crippen molar-refractivity contribution in [2.24, 2.45) is 0 Å². The number of hydrogen-bond donors (Lipinski definition) is 3. The molecule has 2 rings (SSSR count). The fraction of sp³-hybridized carbons (Fsp3) is 0.125. The first-order chi connectivity index (χ1) is 10.6. The zero-order valence-electron chi connectivity index (χ0n) is 12.3. The van der Waals surface area contributed by atoms with Crippen LogP contribution in [0, 0.1) is 0 Å². The lowest BCUT2D eigenvalue weighted by atomic mass is 10.2. The van der Waals surface area contributed by atoms with E-state index in [1.807, 2.05) is 0 Å². The summed E-state index contributed by atoms with van der Waals surface area (Å²) in [5.41, 5.74) is 1.82. The summed E-state index contributed by atoms with van der Waals surface area (Å²) in [6, 6.07) is 13.4. The van der Waals surface area contributed by atoms with Crippen LogP contribution in [0.25, 0.3) is 0 Å². The smallest absolute Gasteiger partial charge is 0.318 e. The van der Waals surface area contributed by atoms with E-state index in [1.54, 1.807) is 62.7 Å². The largest absolute Gasteiger partial charge is 0.497 e. The van der Waals surface area contributed by atoms with Crippen molar-refractivity contribution in [1.82, 2.24) is 5.32 Å². The van der Waals surface area contributed by atoms with E-state index in [1.165, 1.54) is 0 Å². The molecule has 0 saturated carbocycles. The monoisotopic (exact) mass is 299 g/mol. The third-order valence-electron chi connectivity index (χ3n) is 2.98. The predicted octanol–water partition coefficient (Wildman–Crippen LogP) is 2.70. The summed E-state index contributed by atoms with van der Waals surface area (Å²) >= 11 is 0. The molecule has 0 radical (unpaired) electrons. The summed E-state index contributed by atoms with van der Waals surface area (Å²) in [6.45, 7) is 0. The van der Waals surface area contributed by atoms with E-state index in [2.05, 4.69) is 16.0 Å². The lowest BCUT2D eigenvalue weighted by molar-refractivity contribution is 0.102. The van der Waals surface area contributed by atoms with Gasteiger partial charge in [0.15, 0.2) is 0 Å². The maximum atomic E-state index is 12.1. The van der Waals surface area contributed by atoms with Crippen molar-refractivity contribution >= 4 is 23.3 Å². The number of anilines is 2. The first-order valence-corrected chi connectivity index (χ1v) is 6.66. The minimum Gasteiger partial charge on any atom is -0.497 e. The van der Waals surface area contributed by atoms with Crippen molar-refractivity contribution < 1.29 is 14.3 Å². The summed E-state index contributed by atoms with van der Waals surface area (Å²) in [4.78, 5) is 23.3. The third-order valence-corrected chi connectivity index (χ3v) is 2.98. The number of ether oxygens (including phenoxy) is 1. The Morgan fingerprint density at radius 3 is 1.91 bits per heavy atom. The first kappa shape index (κ1) is 15.4. The van der Waals surface area contributed by atoms with Gasteiger partial charge >= 0.3 is 6.03 Å². The van der Waals surface area contributed by atoms with Gasteiger partial charge in [-0.05, 0) is 48.5 Å². The van der Waals surface area contributed by atoms with Crippen molar-refractivity contribution in [1.29, 1.82) is 0 Å². The molecule has 2 aromatic carbocycles. The van der Waals surface area contributed by atoms with Gasteiger partial charge in [-0.15, -0.1) is 0 Å². The molecule has 22 heavy (non-hydrogen) atoms. The van der Waals surface area contributed by atoms with Crippen molar-refractivity contribution in [2.75, 3.05) is 24.8 Å². The Morgan fingerprint density at radius 2 is 1.41 bits per heavy atom. The molecule has 0 aliphatic heterocycles. The average Bonchev–Trinajstić information content (AvgIpc) is 2.56. The molecule has 0 aliphatic carbocycles. The molecule has 0 saturated heterocycles. The summed E-state index contributed by atoms with van der Waals surface area (Å²) in [5.74, 6) is 0.482. The maximum Gasteiger partial charge on any atom is 0.318 e. The Kier molecular flexibility index (Phi) is 4.98. The molecule has 0 unspecified atom stereocenters. The lowest BCUT2D eigenvalue weighted by Crippen LogP contribution is -2.24. The second-order valence-electron chi connectivity index (χ2n) is 4.46. The van der Waals surface area contributed by atoms with Gasteiger partial charge in [-0.3, -0.25) is 4.79 Å². The predicted molar refractivity (Wildman–Crippen MR) is 85.5 cm³/mol. The van der Waals surface area contributed by atoms with E-state index in [9.17, 15) is 9.59 Å². The Bertz CT molecular complexity index is 651. The summed E-state index contributed by atoms with van der Waals surface area (Å²) in [7, 11) is 3.11. The fourth-order valence-electron chi connectivity index (χ4n) is 1.78. The molecule has 3 N–H and O–H groups in total. The summed E-state index contributed by atoms with van der Waals surface area (Å²) in [6.07, 6.45) is 0. The van der Waals surface area contributed by atoms with E-state index in [4.69, 9.17) is 4.74 Å². The first-order valence-electron chi connectivity index (χ1n) is 6.66. The van der Waals surface area contributed by atoms with Crippen molar-refractivity contribution in [2.45, 2.75) is 0 Å². The quantitative estimate of drug-likeness (QED) is 0.812. The van der Waals surface area contributed by atoms with Crippen LogP contribution in [0.3, 0.4) is 0 Å². The summed E-state index contributed by atoms with van der Waals surface area (Å²) in [5, 5.41) is 7.88. The van der Waals surface area contributed by atoms with Gasteiger partial charge in [-0.25, -0.2) is 4.79 Å². The highest BCUT2D eigenvalue weighted by Gasteiger charge is 2.06. The molecule has 2 aromatic rings. The van der Waals surface area contributed by atoms with Crippen LogP contribution >= 0.6 is 0 Å². The topological polar surface area (TPSA) is 79.5 Å². The zero-order chi connectivity index (χ0) is 15.9. The normalized spacial score (nSPS) is 9.73. The molecule has 0 atom stereocenters. The van der Waals surface area contributed by atoms with Gasteiger partial charge in [-0.2, -0.15) is 0 Å². The average molecular weight is 299 g/mol. The zero-order valence-corrected chi connectivity index (χ0v) is 12.3. The molecule has 0 heterocycles. The number of carbonyl (C=O) groups is 2. The van der Waals surface area contributed by atoms with Crippen LogP contribution < -0.4 is 20.7 Å². The molecule has 0 spiro atoms. The van der Waals surface area contributed by atoms with Crippen LogP contribution in [-0.4, -0.2) is 26.1 Å². The minimum atomic E-state index is -0.296. The van der Waals surface area contributed by atoms with Crippen molar-refractivity contribution in [3.8, 4) is 5.75 Å². The molecule has 0 bridgehead atoms. The molecule has 6 nitrogen and oxygen atoms in total. The van der Waals surface area contributed by atoms with E-state index in [-0.39, 0.29) is 11.9 Å². The van der Waals surface area contributed by atoms with Crippen LogP contribution in [0.4, 0.5) is 16.2 Å². The number of rotatable bonds is 4. The van der Waals surface area contributed by atoms with Crippen LogP contribution in [0.5, 0.6) is 5.75 Å². The number of hydrogen-bond acceptors (Lipinski definition) is 3. The van der Waals surface area contributed by atoms with Gasteiger partial charge in [0.2, 0.25) is 0 Å². The maximum absolute atomic E-state index is 12.1. The number of methoxy groups -OCH3 is 1. The lowest BCUT2D eigenvalue weighted by Gasteiger charge is -2.08. The second-order valence-corrected chi connectivity index (χ2v) is 4.46. The number of carbonyl (C=O) groups excluding carboxylic acids is 2. The highest BCUT2D eigenvalue weighted by Crippen LogP contribution is 2.16. The molecule has 3 amide bonds. The highest BCUT2D eigenvalue weighted by atomic mass is 16.5. The molecule has 0 aromatic heterocycles. The number of urea groups is 1. The Morgan fingerprint density at radius 1 is 0.864 bits per heavy atom. The van der Waals surface area contributed by atoms with Gasteiger partial charge in [0.05, 0.1) is 7.11 Å². The van der Waals surface area contributed by atoms with Gasteiger partial charge < -0.3 is 20.7 Å². The van der Waals surface area contributed by atoms with Crippen molar-refractivity contribution in [3.05, 3.63) is 54.1 Å². The van der Waals surface area contributed by atoms with Gasteiger partial charge in [0, 0.05) is 24.0 Å². The number of nitrogens with one attached hydrogen (secondary N) is 3.